The number of hydrogen-bond acceptors (Lipinski definition) is 4. The fourth-order valence-corrected chi connectivity index (χ4v) is 2.55. The van der Waals surface area contributed by atoms with Gasteiger partial charge in [-0.15, -0.1) is 0 Å². The van der Waals surface area contributed by atoms with E-state index in [-0.39, 0.29) is 17.8 Å². The SMILES string of the molecule is Cc1c(C(=O)NC(C)c2ccncc2)cnn1-c1ccc(C(F)(F)F)cn1. The number of alkyl halides is 3. The maximum atomic E-state index is 12.7. The number of rotatable bonds is 4. The fourth-order valence-electron chi connectivity index (χ4n) is 2.55. The number of amides is 1. The molecule has 0 fully saturated rings. The zero-order valence-corrected chi connectivity index (χ0v) is 14.5. The number of pyridine rings is 2. The van der Waals surface area contributed by atoms with Crippen molar-refractivity contribution in [2.45, 2.75) is 26.1 Å². The normalized spacial score (nSPS) is 12.6. The van der Waals surface area contributed by atoms with Crippen LogP contribution in [-0.4, -0.2) is 25.7 Å². The summed E-state index contributed by atoms with van der Waals surface area (Å²) < 4.78 is 39.3. The van der Waals surface area contributed by atoms with Crippen LogP contribution in [-0.2, 0) is 6.18 Å². The lowest BCUT2D eigenvalue weighted by atomic mass is 10.1. The third kappa shape index (κ3) is 3.97. The molecule has 0 aliphatic heterocycles. The predicted octanol–water partition coefficient (Wildman–Crippen LogP) is 3.48. The Morgan fingerprint density at radius 1 is 1.15 bits per heavy atom. The first-order valence-corrected chi connectivity index (χ1v) is 8.06. The van der Waals surface area contributed by atoms with Crippen molar-refractivity contribution in [1.82, 2.24) is 25.1 Å². The largest absolute Gasteiger partial charge is 0.417 e. The van der Waals surface area contributed by atoms with Crippen LogP contribution < -0.4 is 5.32 Å². The smallest absolute Gasteiger partial charge is 0.345 e. The molecule has 0 aliphatic carbocycles. The summed E-state index contributed by atoms with van der Waals surface area (Å²) in [5.74, 6) is -0.142. The molecule has 27 heavy (non-hydrogen) atoms. The van der Waals surface area contributed by atoms with E-state index in [1.807, 2.05) is 6.92 Å². The van der Waals surface area contributed by atoms with Gasteiger partial charge < -0.3 is 5.32 Å². The summed E-state index contributed by atoms with van der Waals surface area (Å²) in [5.41, 5.74) is 0.840. The lowest BCUT2D eigenvalue weighted by Gasteiger charge is -2.14. The molecule has 3 aromatic heterocycles. The third-order valence-electron chi connectivity index (χ3n) is 4.10. The molecule has 3 aromatic rings. The summed E-state index contributed by atoms with van der Waals surface area (Å²) in [4.78, 5) is 20.3. The van der Waals surface area contributed by atoms with E-state index < -0.39 is 11.7 Å². The van der Waals surface area contributed by atoms with Gasteiger partial charge in [0, 0.05) is 18.6 Å². The highest BCUT2D eigenvalue weighted by Gasteiger charge is 2.30. The van der Waals surface area contributed by atoms with Gasteiger partial charge in [0.2, 0.25) is 0 Å². The first-order chi connectivity index (χ1) is 12.8. The lowest BCUT2D eigenvalue weighted by Crippen LogP contribution is -2.27. The van der Waals surface area contributed by atoms with Crippen LogP contribution in [0.1, 0.15) is 40.1 Å². The number of nitrogens with one attached hydrogen (secondary N) is 1. The Bertz CT molecular complexity index is 936. The monoisotopic (exact) mass is 375 g/mol. The first kappa shape index (κ1) is 18.6. The first-order valence-electron chi connectivity index (χ1n) is 8.06. The van der Waals surface area contributed by atoms with Crippen LogP contribution in [0.25, 0.3) is 5.82 Å². The zero-order valence-electron chi connectivity index (χ0n) is 14.5. The van der Waals surface area contributed by atoms with E-state index >= 15 is 0 Å². The molecular formula is C18H16F3N5O. The second kappa shape index (κ2) is 7.18. The summed E-state index contributed by atoms with van der Waals surface area (Å²) in [6.45, 7) is 3.49. The Hall–Kier alpha value is -3.23. The van der Waals surface area contributed by atoms with Crippen molar-refractivity contribution >= 4 is 5.91 Å². The van der Waals surface area contributed by atoms with Gasteiger partial charge in [0.15, 0.2) is 5.82 Å². The number of hydrogen-bond donors (Lipinski definition) is 1. The van der Waals surface area contributed by atoms with Crippen LogP contribution in [0.3, 0.4) is 0 Å². The summed E-state index contributed by atoms with van der Waals surface area (Å²) in [6, 6.07) is 5.49. The third-order valence-corrected chi connectivity index (χ3v) is 4.10. The van der Waals surface area contributed by atoms with E-state index in [9.17, 15) is 18.0 Å². The van der Waals surface area contributed by atoms with Crippen LogP contribution in [0, 0.1) is 6.92 Å². The molecule has 9 heteroatoms. The van der Waals surface area contributed by atoms with Crippen molar-refractivity contribution in [1.29, 1.82) is 0 Å². The molecule has 3 rings (SSSR count). The molecule has 0 spiro atoms. The average molecular weight is 375 g/mol. The molecule has 0 aromatic carbocycles. The Labute approximate surface area is 153 Å². The molecule has 1 atom stereocenters. The van der Waals surface area contributed by atoms with Gasteiger partial charge in [-0.2, -0.15) is 18.3 Å². The van der Waals surface area contributed by atoms with Gasteiger partial charge in [-0.1, -0.05) is 0 Å². The van der Waals surface area contributed by atoms with Gasteiger partial charge in [0.25, 0.3) is 5.91 Å². The van der Waals surface area contributed by atoms with E-state index in [0.29, 0.717) is 11.3 Å². The van der Waals surface area contributed by atoms with Crippen molar-refractivity contribution in [3.05, 3.63) is 71.4 Å². The highest BCUT2D eigenvalue weighted by atomic mass is 19.4. The predicted molar refractivity (Wildman–Crippen MR) is 91.2 cm³/mol. The molecule has 6 nitrogen and oxygen atoms in total. The quantitative estimate of drug-likeness (QED) is 0.758. The maximum Gasteiger partial charge on any atom is 0.417 e. The number of nitrogens with zero attached hydrogens (tertiary/aromatic N) is 4. The number of carbonyl (C=O) groups is 1. The number of carbonyl (C=O) groups excluding carboxylic acids is 1. The Morgan fingerprint density at radius 3 is 2.44 bits per heavy atom. The van der Waals surface area contributed by atoms with Crippen LogP contribution in [0.15, 0.2) is 49.1 Å². The summed E-state index contributed by atoms with van der Waals surface area (Å²) in [6.07, 6.45) is 0.916. The highest BCUT2D eigenvalue weighted by molar-refractivity contribution is 5.95. The molecular weight excluding hydrogens is 359 g/mol. The van der Waals surface area contributed by atoms with E-state index in [0.717, 1.165) is 17.8 Å². The number of halogens is 3. The van der Waals surface area contributed by atoms with Crippen LogP contribution in [0.2, 0.25) is 0 Å². The average Bonchev–Trinajstić information content (AvgIpc) is 3.03. The van der Waals surface area contributed by atoms with Crippen molar-refractivity contribution < 1.29 is 18.0 Å². The van der Waals surface area contributed by atoms with E-state index in [4.69, 9.17) is 0 Å². The van der Waals surface area contributed by atoms with Crippen molar-refractivity contribution in [3.63, 3.8) is 0 Å². The summed E-state index contributed by atoms with van der Waals surface area (Å²) in [7, 11) is 0. The molecule has 0 bridgehead atoms. The lowest BCUT2D eigenvalue weighted by molar-refractivity contribution is -0.137. The summed E-state index contributed by atoms with van der Waals surface area (Å²) >= 11 is 0. The Morgan fingerprint density at radius 2 is 1.85 bits per heavy atom. The van der Waals surface area contributed by atoms with Gasteiger partial charge in [0.1, 0.15) is 0 Å². The molecule has 0 saturated carbocycles. The highest BCUT2D eigenvalue weighted by Crippen LogP contribution is 2.28. The van der Waals surface area contributed by atoms with Gasteiger partial charge in [0.05, 0.1) is 29.1 Å². The standard InChI is InChI=1S/C18H16F3N5O/c1-11(13-5-7-22-8-6-13)25-17(27)15-10-24-26(12(15)2)16-4-3-14(9-23-16)18(19,20)21/h3-11H,1-2H3,(H,25,27). The topological polar surface area (TPSA) is 72.7 Å². The van der Waals surface area contributed by atoms with Crippen LogP contribution in [0.4, 0.5) is 13.2 Å². The van der Waals surface area contributed by atoms with Gasteiger partial charge in [-0.25, -0.2) is 9.67 Å². The molecule has 1 N–H and O–H groups in total. The minimum Gasteiger partial charge on any atom is -0.345 e. The second-order valence-electron chi connectivity index (χ2n) is 5.93. The minimum absolute atomic E-state index is 0.196. The van der Waals surface area contributed by atoms with E-state index in [1.165, 1.54) is 16.9 Å². The van der Waals surface area contributed by atoms with Crippen molar-refractivity contribution in [2.24, 2.45) is 0 Å². The van der Waals surface area contributed by atoms with E-state index in [2.05, 4.69) is 20.4 Å². The maximum absolute atomic E-state index is 12.7. The number of aromatic nitrogens is 4. The van der Waals surface area contributed by atoms with Gasteiger partial charge in [-0.05, 0) is 43.7 Å². The van der Waals surface area contributed by atoms with E-state index in [1.54, 1.807) is 31.5 Å². The second-order valence-corrected chi connectivity index (χ2v) is 5.93. The van der Waals surface area contributed by atoms with Crippen LogP contribution in [0.5, 0.6) is 0 Å². The Kier molecular flexibility index (Phi) is 4.93. The Balaban J connectivity index is 1.79. The van der Waals surface area contributed by atoms with Crippen LogP contribution >= 0.6 is 0 Å². The van der Waals surface area contributed by atoms with Gasteiger partial charge in [-0.3, -0.25) is 9.78 Å². The minimum atomic E-state index is -4.46. The molecule has 1 amide bonds. The summed E-state index contributed by atoms with van der Waals surface area (Å²) in [5, 5.41) is 6.94. The molecule has 1 unspecified atom stereocenters. The molecule has 0 saturated heterocycles. The molecule has 3 heterocycles. The van der Waals surface area contributed by atoms with Crippen molar-refractivity contribution in [3.8, 4) is 5.82 Å². The molecule has 0 aliphatic rings. The molecule has 140 valence electrons. The fraction of sp³-hybridized carbons (Fsp3) is 0.222. The zero-order chi connectivity index (χ0) is 19.6. The van der Waals surface area contributed by atoms with Gasteiger partial charge >= 0.3 is 6.18 Å². The molecule has 0 radical (unpaired) electrons. The van der Waals surface area contributed by atoms with Crippen molar-refractivity contribution in [2.75, 3.05) is 0 Å².